The third kappa shape index (κ3) is 3.56. The van der Waals surface area contributed by atoms with Crippen LogP contribution in [0.15, 0.2) is 48.5 Å². The molecule has 0 saturated carbocycles. The molecule has 0 aliphatic rings. The van der Waals surface area contributed by atoms with Crippen LogP contribution in [-0.2, 0) is 4.79 Å². The number of para-hydroxylation sites is 1. The summed E-state index contributed by atoms with van der Waals surface area (Å²) in [7, 11) is 0. The van der Waals surface area contributed by atoms with Crippen LogP contribution in [0.3, 0.4) is 0 Å². The minimum Gasteiger partial charge on any atom is -0.478 e. The van der Waals surface area contributed by atoms with Crippen molar-refractivity contribution in [3.63, 3.8) is 0 Å². The van der Waals surface area contributed by atoms with Gasteiger partial charge in [-0.15, -0.1) is 0 Å². The number of pyridine rings is 1. The van der Waals surface area contributed by atoms with Crippen LogP contribution in [0.5, 0.6) is 0 Å². The van der Waals surface area contributed by atoms with Gasteiger partial charge in [-0.05, 0) is 30.3 Å². The summed E-state index contributed by atoms with van der Waals surface area (Å²) in [6.45, 7) is -0.242. The molecule has 0 radical (unpaired) electrons. The number of hydrogen-bond donors (Lipinski definition) is 2. The molecular weight excluding hydrogens is 377 g/mol. The molecule has 3 aromatic rings. The quantitative estimate of drug-likeness (QED) is 0.690. The number of aromatic nitrogens is 1. The van der Waals surface area contributed by atoms with Gasteiger partial charge in [-0.2, -0.15) is 0 Å². The molecule has 0 fully saturated rings. The topological polar surface area (TPSA) is 96.5 Å². The molecule has 1 amide bonds. The number of nitrogens with two attached hydrogens (primary N) is 1. The van der Waals surface area contributed by atoms with E-state index in [0.717, 1.165) is 0 Å². The van der Waals surface area contributed by atoms with Crippen molar-refractivity contribution in [2.45, 2.75) is 0 Å². The predicted octanol–water partition coefficient (Wildman–Crippen LogP) is 3.86. The number of carboxylic acids is 1. The van der Waals surface area contributed by atoms with Crippen LogP contribution in [-0.4, -0.2) is 28.5 Å². The summed E-state index contributed by atoms with van der Waals surface area (Å²) >= 11 is 12.2. The molecule has 0 unspecified atom stereocenters. The van der Waals surface area contributed by atoms with Gasteiger partial charge in [-0.3, -0.25) is 4.79 Å². The number of primary amides is 1. The average molecular weight is 390 g/mol. The molecule has 1 heterocycles. The van der Waals surface area contributed by atoms with Crippen LogP contribution in [0.25, 0.3) is 10.9 Å². The largest absolute Gasteiger partial charge is 0.478 e. The summed E-state index contributed by atoms with van der Waals surface area (Å²) < 4.78 is 0. The molecule has 1 aromatic heterocycles. The molecule has 0 aliphatic carbocycles. The van der Waals surface area contributed by atoms with Crippen molar-refractivity contribution in [1.29, 1.82) is 0 Å². The van der Waals surface area contributed by atoms with Gasteiger partial charge in [-0.25, -0.2) is 9.78 Å². The Morgan fingerprint density at radius 1 is 1.12 bits per heavy atom. The number of carboxylic acid groups (broad SMARTS) is 1. The highest BCUT2D eigenvalue weighted by Crippen LogP contribution is 2.33. The van der Waals surface area contributed by atoms with Crippen molar-refractivity contribution >= 4 is 57.5 Å². The number of carbonyl (C=O) groups is 2. The van der Waals surface area contributed by atoms with E-state index in [9.17, 15) is 14.7 Å². The van der Waals surface area contributed by atoms with Crippen molar-refractivity contribution in [3.8, 4) is 0 Å². The summed E-state index contributed by atoms with van der Waals surface area (Å²) in [5, 5.41) is 10.8. The molecule has 3 N–H and O–H groups in total. The first-order valence-corrected chi connectivity index (χ1v) is 8.26. The summed E-state index contributed by atoms with van der Waals surface area (Å²) in [6.07, 6.45) is 0. The highest BCUT2D eigenvalue weighted by Gasteiger charge is 2.22. The molecule has 0 bridgehead atoms. The summed E-state index contributed by atoms with van der Waals surface area (Å²) in [6, 6.07) is 13.3. The zero-order valence-corrected chi connectivity index (χ0v) is 14.8. The molecule has 6 nitrogen and oxygen atoms in total. The Labute approximate surface area is 158 Å². The van der Waals surface area contributed by atoms with Crippen LogP contribution < -0.4 is 10.6 Å². The van der Waals surface area contributed by atoms with Gasteiger partial charge >= 0.3 is 5.97 Å². The molecule has 2 aromatic carbocycles. The van der Waals surface area contributed by atoms with E-state index in [2.05, 4.69) is 4.98 Å². The van der Waals surface area contributed by atoms with E-state index >= 15 is 0 Å². The zero-order valence-electron chi connectivity index (χ0n) is 13.3. The molecule has 26 heavy (non-hydrogen) atoms. The third-order valence-electron chi connectivity index (χ3n) is 3.68. The fourth-order valence-electron chi connectivity index (χ4n) is 2.62. The van der Waals surface area contributed by atoms with Gasteiger partial charge in [0, 0.05) is 16.1 Å². The van der Waals surface area contributed by atoms with Gasteiger partial charge in [-0.1, -0.05) is 41.4 Å². The lowest BCUT2D eigenvalue weighted by molar-refractivity contribution is -0.116. The molecule has 0 spiro atoms. The Kier molecular flexibility index (Phi) is 4.97. The Morgan fingerprint density at radius 2 is 1.81 bits per heavy atom. The lowest BCUT2D eigenvalue weighted by Gasteiger charge is -2.24. The highest BCUT2D eigenvalue weighted by molar-refractivity contribution is 6.38. The second-order valence-corrected chi connectivity index (χ2v) is 6.36. The summed E-state index contributed by atoms with van der Waals surface area (Å²) in [4.78, 5) is 29.2. The van der Waals surface area contributed by atoms with Gasteiger partial charge in [0.2, 0.25) is 5.91 Å². The van der Waals surface area contributed by atoms with E-state index in [1.54, 1.807) is 36.4 Å². The number of rotatable bonds is 5. The van der Waals surface area contributed by atoms with E-state index in [1.807, 2.05) is 0 Å². The van der Waals surface area contributed by atoms with Gasteiger partial charge in [0.05, 0.1) is 10.5 Å². The van der Waals surface area contributed by atoms with Crippen molar-refractivity contribution in [3.05, 3.63) is 64.1 Å². The van der Waals surface area contributed by atoms with Crippen LogP contribution in [0.4, 0.5) is 11.5 Å². The number of hydrogen-bond acceptors (Lipinski definition) is 4. The Hall–Kier alpha value is -2.83. The van der Waals surface area contributed by atoms with Crippen LogP contribution in [0, 0.1) is 0 Å². The molecule has 8 heteroatoms. The number of benzene rings is 2. The monoisotopic (exact) mass is 389 g/mol. The van der Waals surface area contributed by atoms with E-state index < -0.39 is 11.9 Å². The summed E-state index contributed by atoms with van der Waals surface area (Å²) in [5.41, 5.74) is 6.21. The smallest absolute Gasteiger partial charge is 0.339 e. The first-order valence-electron chi connectivity index (χ1n) is 7.51. The third-order valence-corrected chi connectivity index (χ3v) is 4.19. The highest BCUT2D eigenvalue weighted by atomic mass is 35.5. The van der Waals surface area contributed by atoms with Crippen LogP contribution in [0.1, 0.15) is 10.4 Å². The van der Waals surface area contributed by atoms with Gasteiger partial charge in [0.1, 0.15) is 17.9 Å². The lowest BCUT2D eigenvalue weighted by Crippen LogP contribution is -2.32. The van der Waals surface area contributed by atoms with Gasteiger partial charge < -0.3 is 15.7 Å². The predicted molar refractivity (Wildman–Crippen MR) is 101 cm³/mol. The molecule has 0 aliphatic heterocycles. The molecule has 0 saturated heterocycles. The number of fused-ring (bicyclic) bond motifs is 1. The second-order valence-electron chi connectivity index (χ2n) is 5.51. The summed E-state index contributed by atoms with van der Waals surface area (Å²) in [5.74, 6) is -1.76. The number of carbonyl (C=O) groups excluding carboxylic acids is 1. The second kappa shape index (κ2) is 7.19. The number of nitrogens with zero attached hydrogens (tertiary/aromatic N) is 2. The Balaban J connectivity index is 2.30. The van der Waals surface area contributed by atoms with E-state index in [-0.39, 0.29) is 22.9 Å². The van der Waals surface area contributed by atoms with Crippen LogP contribution in [0.2, 0.25) is 10.0 Å². The maximum absolute atomic E-state index is 11.8. The average Bonchev–Trinajstić information content (AvgIpc) is 2.59. The minimum absolute atomic E-state index is 0.0687. The first-order chi connectivity index (χ1) is 12.4. The molecule has 3 rings (SSSR count). The maximum Gasteiger partial charge on any atom is 0.339 e. The van der Waals surface area contributed by atoms with E-state index in [1.165, 1.54) is 17.0 Å². The molecule has 0 atom stereocenters. The molecule has 132 valence electrons. The van der Waals surface area contributed by atoms with E-state index in [4.69, 9.17) is 28.9 Å². The number of amides is 1. The van der Waals surface area contributed by atoms with Crippen molar-refractivity contribution in [1.82, 2.24) is 4.98 Å². The van der Waals surface area contributed by atoms with E-state index in [0.29, 0.717) is 21.6 Å². The maximum atomic E-state index is 11.8. The number of halogens is 2. The SMILES string of the molecule is NC(=O)CN(c1ccccc1)c1nc2c(Cl)cc(Cl)cc2cc1C(=O)O. The normalized spacial score (nSPS) is 10.7. The standard InChI is InChI=1S/C18H13Cl2N3O3/c19-11-6-10-7-13(18(25)26)17(22-16(10)14(20)8-11)23(9-15(21)24)12-4-2-1-3-5-12/h1-8H,9H2,(H2,21,24)(H,25,26). The first kappa shape index (κ1) is 18.0. The zero-order chi connectivity index (χ0) is 18.8. The fourth-order valence-corrected chi connectivity index (χ4v) is 3.17. The lowest BCUT2D eigenvalue weighted by atomic mass is 10.1. The number of aromatic carboxylic acids is 1. The minimum atomic E-state index is -1.20. The number of anilines is 2. The molecular formula is C18H13Cl2N3O3. The van der Waals surface area contributed by atoms with Crippen LogP contribution >= 0.6 is 23.2 Å². The fraction of sp³-hybridized carbons (Fsp3) is 0.0556. The van der Waals surface area contributed by atoms with Gasteiger partial charge in [0.15, 0.2) is 0 Å². The Morgan fingerprint density at radius 3 is 2.42 bits per heavy atom. The van der Waals surface area contributed by atoms with Gasteiger partial charge in [0.25, 0.3) is 0 Å². The van der Waals surface area contributed by atoms with Crippen molar-refractivity contribution in [2.24, 2.45) is 5.73 Å². The van der Waals surface area contributed by atoms with Crippen molar-refractivity contribution in [2.75, 3.05) is 11.4 Å². The van der Waals surface area contributed by atoms with Crippen molar-refractivity contribution < 1.29 is 14.7 Å². The Bertz CT molecular complexity index is 1010.